The summed E-state index contributed by atoms with van der Waals surface area (Å²) in [5, 5.41) is 0.568. The normalized spacial score (nSPS) is 12.0. The zero-order valence-corrected chi connectivity index (χ0v) is 14.5. The molecule has 0 fully saturated rings. The van der Waals surface area contributed by atoms with Crippen LogP contribution in [-0.2, 0) is 9.53 Å². The highest BCUT2D eigenvalue weighted by atomic mass is 35.5. The average molecular weight is 347 g/mol. The van der Waals surface area contributed by atoms with Crippen molar-refractivity contribution in [2.75, 3.05) is 14.2 Å². The summed E-state index contributed by atoms with van der Waals surface area (Å²) in [6.45, 7) is 1.78. The van der Waals surface area contributed by atoms with Crippen molar-refractivity contribution in [1.29, 1.82) is 0 Å². The third kappa shape index (κ3) is 4.52. The van der Waals surface area contributed by atoms with Gasteiger partial charge in [-0.1, -0.05) is 29.8 Å². The van der Waals surface area contributed by atoms with Crippen LogP contribution in [0.4, 0.5) is 0 Å². The lowest BCUT2D eigenvalue weighted by Crippen LogP contribution is -2.06. The number of carbonyl (C=O) groups is 1. The zero-order valence-electron chi connectivity index (χ0n) is 13.8. The van der Waals surface area contributed by atoms with Crippen LogP contribution in [0.3, 0.4) is 0 Å². The first-order valence-corrected chi connectivity index (χ1v) is 7.78. The fraction of sp³-hybridized carbons (Fsp3) is 0.211. The molecule has 0 heterocycles. The van der Waals surface area contributed by atoms with Gasteiger partial charge in [-0.05, 0) is 31.2 Å². The van der Waals surface area contributed by atoms with E-state index < -0.39 is 12.1 Å². The minimum atomic E-state index is -0.458. The fourth-order valence-corrected chi connectivity index (χ4v) is 2.49. The molecule has 24 heavy (non-hydrogen) atoms. The van der Waals surface area contributed by atoms with Crippen molar-refractivity contribution in [2.45, 2.75) is 13.0 Å². The molecule has 0 bridgehead atoms. The zero-order chi connectivity index (χ0) is 17.5. The van der Waals surface area contributed by atoms with Crippen molar-refractivity contribution in [3.05, 3.63) is 64.7 Å². The molecule has 0 spiro atoms. The van der Waals surface area contributed by atoms with E-state index in [1.54, 1.807) is 51.5 Å². The quantitative estimate of drug-likeness (QED) is 0.563. The van der Waals surface area contributed by atoms with Crippen LogP contribution in [-0.4, -0.2) is 20.2 Å². The number of benzene rings is 2. The maximum atomic E-state index is 12.0. The Balaban J connectivity index is 2.07. The van der Waals surface area contributed by atoms with Crippen LogP contribution >= 0.6 is 11.6 Å². The molecule has 1 atom stereocenters. The van der Waals surface area contributed by atoms with Crippen LogP contribution in [0.25, 0.3) is 6.08 Å². The van der Waals surface area contributed by atoms with Gasteiger partial charge in [-0.15, -0.1) is 0 Å². The first-order chi connectivity index (χ1) is 11.5. The number of hydrogen-bond donors (Lipinski definition) is 0. The van der Waals surface area contributed by atoms with Gasteiger partial charge in [0, 0.05) is 28.3 Å². The molecule has 0 saturated carbocycles. The number of hydrogen-bond acceptors (Lipinski definition) is 4. The van der Waals surface area contributed by atoms with E-state index in [2.05, 4.69) is 0 Å². The predicted molar refractivity (Wildman–Crippen MR) is 94.5 cm³/mol. The fourth-order valence-electron chi connectivity index (χ4n) is 2.20. The standard InChI is InChI=1S/C19H19ClO4/c1-13(16-6-4-5-7-17(16)20)24-19(21)11-9-14-8-10-15(22-2)12-18(14)23-3/h4-13H,1-3H3/b11-9+/t13-/m1/s1. The van der Waals surface area contributed by atoms with Crippen LogP contribution in [0.1, 0.15) is 24.2 Å². The molecule has 2 rings (SSSR count). The molecule has 0 aromatic heterocycles. The minimum absolute atomic E-state index is 0.436. The van der Waals surface area contributed by atoms with E-state index in [1.807, 2.05) is 18.2 Å². The molecule has 0 aliphatic rings. The van der Waals surface area contributed by atoms with Gasteiger partial charge >= 0.3 is 5.97 Å². The van der Waals surface area contributed by atoms with Gasteiger partial charge in [0.25, 0.3) is 0 Å². The second-order valence-electron chi connectivity index (χ2n) is 5.04. The van der Waals surface area contributed by atoms with Crippen LogP contribution in [0.15, 0.2) is 48.5 Å². The van der Waals surface area contributed by atoms with Gasteiger partial charge < -0.3 is 14.2 Å². The summed E-state index contributed by atoms with van der Waals surface area (Å²) in [5.41, 5.74) is 1.52. The largest absolute Gasteiger partial charge is 0.497 e. The Hall–Kier alpha value is -2.46. The highest BCUT2D eigenvalue weighted by molar-refractivity contribution is 6.31. The van der Waals surface area contributed by atoms with E-state index in [4.69, 9.17) is 25.8 Å². The predicted octanol–water partition coefficient (Wildman–Crippen LogP) is 4.67. The minimum Gasteiger partial charge on any atom is -0.497 e. The van der Waals surface area contributed by atoms with Crippen LogP contribution in [0.5, 0.6) is 11.5 Å². The summed E-state index contributed by atoms with van der Waals surface area (Å²) in [7, 11) is 3.14. The van der Waals surface area contributed by atoms with E-state index in [0.717, 1.165) is 11.1 Å². The Kier molecular flexibility index (Phi) is 6.27. The topological polar surface area (TPSA) is 44.8 Å². The van der Waals surface area contributed by atoms with Gasteiger partial charge in [-0.25, -0.2) is 4.79 Å². The molecule has 0 saturated heterocycles. The molecule has 5 heteroatoms. The van der Waals surface area contributed by atoms with Gasteiger partial charge in [0.15, 0.2) is 0 Å². The highest BCUT2D eigenvalue weighted by Crippen LogP contribution is 2.27. The van der Waals surface area contributed by atoms with Crippen molar-refractivity contribution < 1.29 is 19.0 Å². The van der Waals surface area contributed by atoms with Crippen molar-refractivity contribution in [2.24, 2.45) is 0 Å². The van der Waals surface area contributed by atoms with E-state index in [9.17, 15) is 4.79 Å². The van der Waals surface area contributed by atoms with Crippen LogP contribution in [0, 0.1) is 0 Å². The third-order valence-corrected chi connectivity index (χ3v) is 3.82. The molecule has 0 aliphatic heterocycles. The number of esters is 1. The van der Waals surface area contributed by atoms with Crippen molar-refractivity contribution in [1.82, 2.24) is 0 Å². The SMILES string of the molecule is COc1ccc(/C=C/C(=O)O[C@H](C)c2ccccc2Cl)c(OC)c1. The lowest BCUT2D eigenvalue weighted by Gasteiger charge is -2.13. The molecule has 2 aromatic rings. The molecule has 0 N–H and O–H groups in total. The lowest BCUT2D eigenvalue weighted by molar-refractivity contribution is -0.142. The Morgan fingerprint density at radius 1 is 1.12 bits per heavy atom. The second-order valence-corrected chi connectivity index (χ2v) is 5.45. The molecule has 0 radical (unpaired) electrons. The van der Waals surface area contributed by atoms with Crippen LogP contribution in [0.2, 0.25) is 5.02 Å². The smallest absolute Gasteiger partial charge is 0.331 e. The Morgan fingerprint density at radius 2 is 1.88 bits per heavy atom. The van der Waals surface area contributed by atoms with E-state index >= 15 is 0 Å². The first-order valence-electron chi connectivity index (χ1n) is 7.40. The third-order valence-electron chi connectivity index (χ3n) is 3.48. The molecule has 4 nitrogen and oxygen atoms in total. The van der Waals surface area contributed by atoms with Gasteiger partial charge in [0.2, 0.25) is 0 Å². The summed E-state index contributed by atoms with van der Waals surface area (Å²) < 4.78 is 15.8. The van der Waals surface area contributed by atoms with Crippen molar-refractivity contribution in [3.63, 3.8) is 0 Å². The number of rotatable bonds is 6. The highest BCUT2D eigenvalue weighted by Gasteiger charge is 2.12. The maximum Gasteiger partial charge on any atom is 0.331 e. The number of methoxy groups -OCH3 is 2. The van der Waals surface area contributed by atoms with Crippen molar-refractivity contribution >= 4 is 23.6 Å². The second kappa shape index (κ2) is 8.41. The monoisotopic (exact) mass is 346 g/mol. The Labute approximate surface area is 146 Å². The molecular formula is C19H19ClO4. The average Bonchev–Trinajstić information content (AvgIpc) is 2.60. The van der Waals surface area contributed by atoms with Gasteiger partial charge in [-0.3, -0.25) is 0 Å². The number of halogens is 1. The van der Waals surface area contributed by atoms with E-state index in [0.29, 0.717) is 16.5 Å². The van der Waals surface area contributed by atoms with Gasteiger partial charge in [0.1, 0.15) is 17.6 Å². The lowest BCUT2D eigenvalue weighted by atomic mass is 10.1. The van der Waals surface area contributed by atoms with E-state index in [-0.39, 0.29) is 0 Å². The molecule has 0 unspecified atom stereocenters. The summed E-state index contributed by atoms with van der Waals surface area (Å²) in [6, 6.07) is 12.6. The summed E-state index contributed by atoms with van der Waals surface area (Å²) in [5.74, 6) is 0.830. The molecular weight excluding hydrogens is 328 g/mol. The summed E-state index contributed by atoms with van der Waals surface area (Å²) in [4.78, 5) is 12.0. The summed E-state index contributed by atoms with van der Waals surface area (Å²) in [6.07, 6.45) is 2.56. The van der Waals surface area contributed by atoms with E-state index in [1.165, 1.54) is 6.08 Å². The Morgan fingerprint density at radius 3 is 2.54 bits per heavy atom. The Bertz CT molecular complexity index is 740. The number of carbonyl (C=O) groups excluding carboxylic acids is 1. The van der Waals surface area contributed by atoms with Crippen LogP contribution < -0.4 is 9.47 Å². The maximum absolute atomic E-state index is 12.0. The first kappa shape index (κ1) is 17.9. The van der Waals surface area contributed by atoms with Gasteiger partial charge in [-0.2, -0.15) is 0 Å². The molecule has 0 amide bonds. The molecule has 2 aromatic carbocycles. The molecule has 0 aliphatic carbocycles. The summed E-state index contributed by atoms with van der Waals surface area (Å²) >= 11 is 6.11. The number of ether oxygens (including phenoxy) is 3. The molecule has 126 valence electrons. The van der Waals surface area contributed by atoms with Gasteiger partial charge in [0.05, 0.1) is 14.2 Å². The van der Waals surface area contributed by atoms with Crippen molar-refractivity contribution in [3.8, 4) is 11.5 Å².